The molecule has 1 heterocycles. The van der Waals surface area contributed by atoms with Gasteiger partial charge in [0.1, 0.15) is 6.61 Å². The summed E-state index contributed by atoms with van der Waals surface area (Å²) in [6, 6.07) is 13.9. The SMILES string of the molecule is COc1cc(-c2noc(C(C)(C)C)n2)ccc1OCc1cccc(C)c1. The number of rotatable bonds is 5. The maximum Gasteiger partial charge on any atom is 0.232 e. The Morgan fingerprint density at radius 2 is 1.85 bits per heavy atom. The van der Waals surface area contributed by atoms with Crippen LogP contribution in [0, 0.1) is 6.92 Å². The first-order valence-electron chi connectivity index (χ1n) is 8.58. The largest absolute Gasteiger partial charge is 0.493 e. The highest BCUT2D eigenvalue weighted by atomic mass is 16.5. The van der Waals surface area contributed by atoms with Crippen molar-refractivity contribution in [2.45, 2.75) is 39.7 Å². The summed E-state index contributed by atoms with van der Waals surface area (Å²) in [6.45, 7) is 8.65. The van der Waals surface area contributed by atoms with E-state index in [1.54, 1.807) is 7.11 Å². The molecule has 0 saturated heterocycles. The molecule has 0 aliphatic carbocycles. The van der Waals surface area contributed by atoms with Gasteiger partial charge in [-0.2, -0.15) is 4.98 Å². The highest BCUT2D eigenvalue weighted by Crippen LogP contribution is 2.33. The molecule has 0 radical (unpaired) electrons. The predicted molar refractivity (Wildman–Crippen MR) is 100 cm³/mol. The lowest BCUT2D eigenvalue weighted by Crippen LogP contribution is -2.11. The first-order valence-corrected chi connectivity index (χ1v) is 8.58. The fourth-order valence-corrected chi connectivity index (χ4v) is 2.53. The molecule has 0 amide bonds. The first-order chi connectivity index (χ1) is 12.4. The molecule has 5 nitrogen and oxygen atoms in total. The minimum absolute atomic E-state index is 0.188. The number of ether oxygens (including phenoxy) is 2. The molecule has 1 aromatic heterocycles. The number of nitrogens with zero attached hydrogens (tertiary/aromatic N) is 2. The van der Waals surface area contributed by atoms with Gasteiger partial charge in [0.05, 0.1) is 7.11 Å². The highest BCUT2D eigenvalue weighted by molar-refractivity contribution is 5.60. The highest BCUT2D eigenvalue weighted by Gasteiger charge is 2.22. The third-order valence-electron chi connectivity index (χ3n) is 3.97. The van der Waals surface area contributed by atoms with Crippen LogP contribution in [0.25, 0.3) is 11.4 Å². The molecule has 0 saturated carbocycles. The molecule has 136 valence electrons. The van der Waals surface area contributed by atoms with E-state index in [-0.39, 0.29) is 5.41 Å². The van der Waals surface area contributed by atoms with Gasteiger partial charge in [0.15, 0.2) is 11.5 Å². The van der Waals surface area contributed by atoms with Crippen LogP contribution in [-0.2, 0) is 12.0 Å². The van der Waals surface area contributed by atoms with E-state index in [9.17, 15) is 0 Å². The third-order valence-corrected chi connectivity index (χ3v) is 3.97. The summed E-state index contributed by atoms with van der Waals surface area (Å²) in [6.07, 6.45) is 0. The van der Waals surface area contributed by atoms with Gasteiger partial charge < -0.3 is 14.0 Å². The van der Waals surface area contributed by atoms with Gasteiger partial charge >= 0.3 is 0 Å². The van der Waals surface area contributed by atoms with Gasteiger partial charge in [-0.25, -0.2) is 0 Å². The van der Waals surface area contributed by atoms with E-state index in [0.717, 1.165) is 11.1 Å². The molecule has 0 spiro atoms. The van der Waals surface area contributed by atoms with Crippen LogP contribution in [-0.4, -0.2) is 17.3 Å². The van der Waals surface area contributed by atoms with E-state index in [1.807, 2.05) is 51.1 Å². The summed E-state index contributed by atoms with van der Waals surface area (Å²) in [7, 11) is 1.62. The van der Waals surface area contributed by atoms with E-state index in [2.05, 4.69) is 29.2 Å². The lowest BCUT2D eigenvalue weighted by atomic mass is 9.97. The third kappa shape index (κ3) is 4.04. The summed E-state index contributed by atoms with van der Waals surface area (Å²) < 4.78 is 16.8. The van der Waals surface area contributed by atoms with Gasteiger partial charge in [-0.3, -0.25) is 0 Å². The quantitative estimate of drug-likeness (QED) is 0.651. The van der Waals surface area contributed by atoms with Crippen molar-refractivity contribution in [3.8, 4) is 22.9 Å². The van der Waals surface area contributed by atoms with Crippen molar-refractivity contribution in [1.82, 2.24) is 10.1 Å². The van der Waals surface area contributed by atoms with Crippen molar-refractivity contribution in [2.75, 3.05) is 7.11 Å². The van der Waals surface area contributed by atoms with Crippen molar-refractivity contribution in [2.24, 2.45) is 0 Å². The molecule has 26 heavy (non-hydrogen) atoms. The van der Waals surface area contributed by atoms with E-state index < -0.39 is 0 Å². The average molecular weight is 352 g/mol. The lowest BCUT2D eigenvalue weighted by Gasteiger charge is -2.12. The Morgan fingerprint density at radius 3 is 2.50 bits per heavy atom. The van der Waals surface area contributed by atoms with Gasteiger partial charge in [-0.1, -0.05) is 55.8 Å². The molecular formula is C21H24N2O3. The van der Waals surface area contributed by atoms with Crippen molar-refractivity contribution in [1.29, 1.82) is 0 Å². The summed E-state index contributed by atoms with van der Waals surface area (Å²) in [5, 5.41) is 4.08. The van der Waals surface area contributed by atoms with Crippen molar-refractivity contribution < 1.29 is 14.0 Å². The molecule has 0 atom stereocenters. The standard InChI is InChI=1S/C21H24N2O3/c1-14-7-6-8-15(11-14)13-25-17-10-9-16(12-18(17)24-5)19-22-20(26-23-19)21(2,3)4/h6-12H,13H2,1-5H3. The number of aromatic nitrogens is 2. The van der Waals surface area contributed by atoms with Crippen LogP contribution < -0.4 is 9.47 Å². The topological polar surface area (TPSA) is 57.4 Å². The second-order valence-electron chi connectivity index (χ2n) is 7.32. The summed E-state index contributed by atoms with van der Waals surface area (Å²) in [5.41, 5.74) is 2.96. The van der Waals surface area contributed by atoms with Gasteiger partial charge in [-0.15, -0.1) is 0 Å². The number of hydrogen-bond donors (Lipinski definition) is 0. The number of aryl methyl sites for hydroxylation is 1. The monoisotopic (exact) mass is 352 g/mol. The number of benzene rings is 2. The Hall–Kier alpha value is -2.82. The predicted octanol–water partition coefficient (Wildman–Crippen LogP) is 4.93. The number of hydrogen-bond acceptors (Lipinski definition) is 5. The van der Waals surface area contributed by atoms with Crippen LogP contribution in [0.2, 0.25) is 0 Å². The molecule has 3 aromatic rings. The fourth-order valence-electron chi connectivity index (χ4n) is 2.53. The van der Waals surface area contributed by atoms with Crippen molar-refractivity contribution >= 4 is 0 Å². The minimum Gasteiger partial charge on any atom is -0.493 e. The molecular weight excluding hydrogens is 328 g/mol. The second-order valence-corrected chi connectivity index (χ2v) is 7.32. The van der Waals surface area contributed by atoms with Gasteiger partial charge in [0, 0.05) is 11.0 Å². The maximum atomic E-state index is 5.93. The number of methoxy groups -OCH3 is 1. The van der Waals surface area contributed by atoms with Crippen LogP contribution in [0.1, 0.15) is 37.8 Å². The van der Waals surface area contributed by atoms with Crippen LogP contribution >= 0.6 is 0 Å². The van der Waals surface area contributed by atoms with Gasteiger partial charge in [0.2, 0.25) is 11.7 Å². The van der Waals surface area contributed by atoms with E-state index in [0.29, 0.717) is 29.8 Å². The Bertz CT molecular complexity index is 894. The smallest absolute Gasteiger partial charge is 0.232 e. The molecule has 0 bridgehead atoms. The first kappa shape index (κ1) is 18.0. The molecule has 0 unspecified atom stereocenters. The normalized spacial score (nSPS) is 11.4. The molecule has 3 rings (SSSR count). The zero-order chi connectivity index (χ0) is 18.7. The Kier molecular flexibility index (Phi) is 4.98. The van der Waals surface area contributed by atoms with Crippen LogP contribution in [0.15, 0.2) is 47.0 Å². The fraction of sp³-hybridized carbons (Fsp3) is 0.333. The summed E-state index contributed by atoms with van der Waals surface area (Å²) in [4.78, 5) is 4.49. The van der Waals surface area contributed by atoms with Crippen LogP contribution in [0.3, 0.4) is 0 Å². The van der Waals surface area contributed by atoms with Gasteiger partial charge in [-0.05, 0) is 30.7 Å². The van der Waals surface area contributed by atoms with Gasteiger partial charge in [0.25, 0.3) is 0 Å². The maximum absolute atomic E-state index is 5.93. The molecule has 0 aliphatic rings. The zero-order valence-corrected chi connectivity index (χ0v) is 15.9. The van der Waals surface area contributed by atoms with E-state index >= 15 is 0 Å². The lowest BCUT2D eigenvalue weighted by molar-refractivity contribution is 0.284. The molecule has 0 N–H and O–H groups in total. The van der Waals surface area contributed by atoms with E-state index in [4.69, 9.17) is 14.0 Å². The van der Waals surface area contributed by atoms with Crippen molar-refractivity contribution in [3.05, 3.63) is 59.5 Å². The zero-order valence-electron chi connectivity index (χ0n) is 15.9. The second kappa shape index (κ2) is 7.20. The Balaban J connectivity index is 1.80. The van der Waals surface area contributed by atoms with Crippen molar-refractivity contribution in [3.63, 3.8) is 0 Å². The Morgan fingerprint density at radius 1 is 1.04 bits per heavy atom. The minimum atomic E-state index is -0.188. The Labute approximate surface area is 154 Å². The summed E-state index contributed by atoms with van der Waals surface area (Å²) in [5.74, 6) is 2.46. The summed E-state index contributed by atoms with van der Waals surface area (Å²) >= 11 is 0. The molecule has 2 aromatic carbocycles. The van der Waals surface area contributed by atoms with Crippen LogP contribution in [0.5, 0.6) is 11.5 Å². The van der Waals surface area contributed by atoms with E-state index in [1.165, 1.54) is 5.56 Å². The average Bonchev–Trinajstić information content (AvgIpc) is 3.10. The van der Waals surface area contributed by atoms with Crippen LogP contribution in [0.4, 0.5) is 0 Å². The molecule has 5 heteroatoms. The molecule has 0 aliphatic heterocycles. The molecule has 0 fully saturated rings.